The van der Waals surface area contributed by atoms with Crippen LogP contribution in [0.5, 0.6) is 0 Å². The van der Waals surface area contributed by atoms with Gasteiger partial charge in [-0.1, -0.05) is 0 Å². The van der Waals surface area contributed by atoms with E-state index in [2.05, 4.69) is 20.4 Å². The average molecular weight is 285 g/mol. The predicted octanol–water partition coefficient (Wildman–Crippen LogP) is 2.45. The van der Waals surface area contributed by atoms with Crippen molar-refractivity contribution in [1.82, 2.24) is 20.4 Å². The van der Waals surface area contributed by atoms with Gasteiger partial charge >= 0.3 is 0 Å². The maximum Gasteiger partial charge on any atom is 0.283 e. The fraction of sp³-hybridized carbons (Fsp3) is 0.0833. The quantitative estimate of drug-likeness (QED) is 0.723. The molecule has 3 aromatic rings. The summed E-state index contributed by atoms with van der Waals surface area (Å²) in [7, 11) is 0. The third kappa shape index (κ3) is 2.39. The third-order valence-electron chi connectivity index (χ3n) is 2.44. The van der Waals surface area contributed by atoms with Crippen LogP contribution in [0.3, 0.4) is 0 Å². The molecule has 0 N–H and O–H groups in total. The molecule has 20 heavy (non-hydrogen) atoms. The highest BCUT2D eigenvalue weighted by atomic mass is 32.2. The summed E-state index contributed by atoms with van der Waals surface area (Å²) < 4.78 is 10.7. The van der Waals surface area contributed by atoms with Gasteiger partial charge in [0.15, 0.2) is 5.69 Å². The van der Waals surface area contributed by atoms with Crippen LogP contribution in [-0.4, -0.2) is 20.4 Å². The van der Waals surface area contributed by atoms with Gasteiger partial charge in [0.25, 0.3) is 11.1 Å². The van der Waals surface area contributed by atoms with Gasteiger partial charge in [-0.2, -0.15) is 5.26 Å². The Labute approximate surface area is 117 Å². The van der Waals surface area contributed by atoms with Gasteiger partial charge in [-0.15, -0.1) is 20.4 Å². The van der Waals surface area contributed by atoms with Crippen molar-refractivity contribution in [2.75, 3.05) is 0 Å². The van der Waals surface area contributed by atoms with Crippen LogP contribution >= 0.6 is 11.8 Å². The molecule has 0 aromatic carbocycles. The van der Waals surface area contributed by atoms with E-state index >= 15 is 0 Å². The Morgan fingerprint density at radius 2 is 2.05 bits per heavy atom. The monoisotopic (exact) mass is 285 g/mol. The number of nitriles is 1. The van der Waals surface area contributed by atoms with Crippen LogP contribution in [0, 0.1) is 18.3 Å². The Balaban J connectivity index is 1.80. The number of rotatable bonds is 3. The Bertz CT molecular complexity index is 772. The maximum atomic E-state index is 8.64. The first-order valence-corrected chi connectivity index (χ1v) is 6.37. The molecule has 0 atom stereocenters. The van der Waals surface area contributed by atoms with Crippen molar-refractivity contribution in [3.05, 3.63) is 35.9 Å². The lowest BCUT2D eigenvalue weighted by Gasteiger charge is -1.93. The molecule has 0 aliphatic heterocycles. The molecule has 3 aromatic heterocycles. The summed E-state index contributed by atoms with van der Waals surface area (Å²) in [5, 5.41) is 25.0. The van der Waals surface area contributed by atoms with Gasteiger partial charge in [0.2, 0.25) is 0 Å². The normalized spacial score (nSPS) is 10.4. The van der Waals surface area contributed by atoms with Crippen LogP contribution in [0.15, 0.2) is 43.5 Å². The molecule has 0 aliphatic carbocycles. The molecule has 3 heterocycles. The first-order chi connectivity index (χ1) is 9.76. The van der Waals surface area contributed by atoms with Crippen LogP contribution in [0.4, 0.5) is 0 Å². The van der Waals surface area contributed by atoms with E-state index in [4.69, 9.17) is 14.1 Å². The van der Waals surface area contributed by atoms with Crippen molar-refractivity contribution in [3.8, 4) is 17.5 Å². The Morgan fingerprint density at radius 1 is 1.15 bits per heavy atom. The summed E-state index contributed by atoms with van der Waals surface area (Å²) in [5.74, 6) is 1.10. The molecule has 8 heteroatoms. The first kappa shape index (κ1) is 12.4. The van der Waals surface area contributed by atoms with Gasteiger partial charge in [-0.05, 0) is 36.9 Å². The van der Waals surface area contributed by atoms with E-state index in [1.54, 1.807) is 24.5 Å². The summed E-state index contributed by atoms with van der Waals surface area (Å²) in [6.07, 6.45) is 1.56. The molecule has 0 saturated heterocycles. The van der Waals surface area contributed by atoms with E-state index in [0.29, 0.717) is 21.9 Å². The lowest BCUT2D eigenvalue weighted by molar-refractivity contribution is 0.463. The molecule has 7 nitrogen and oxygen atoms in total. The van der Waals surface area contributed by atoms with E-state index in [-0.39, 0.29) is 5.69 Å². The molecule has 0 spiro atoms. The summed E-state index contributed by atoms with van der Waals surface area (Å²) in [6, 6.07) is 6.91. The average Bonchev–Trinajstić information content (AvgIpc) is 3.08. The van der Waals surface area contributed by atoms with Crippen molar-refractivity contribution in [3.63, 3.8) is 0 Å². The van der Waals surface area contributed by atoms with Gasteiger partial charge in [-0.3, -0.25) is 0 Å². The van der Waals surface area contributed by atoms with Gasteiger partial charge < -0.3 is 8.83 Å². The second-order valence-electron chi connectivity index (χ2n) is 3.73. The summed E-state index contributed by atoms with van der Waals surface area (Å²) >= 11 is 1.18. The van der Waals surface area contributed by atoms with Crippen LogP contribution in [-0.2, 0) is 0 Å². The SMILES string of the molecule is Cc1occc1-c1nnc(Sc2ccc(C#N)nn2)o1. The van der Waals surface area contributed by atoms with E-state index in [0.717, 1.165) is 5.56 Å². The van der Waals surface area contributed by atoms with Gasteiger partial charge in [0.05, 0.1) is 11.8 Å². The zero-order valence-corrected chi connectivity index (χ0v) is 11.1. The van der Waals surface area contributed by atoms with Crippen molar-refractivity contribution in [1.29, 1.82) is 5.26 Å². The molecule has 0 amide bonds. The number of aryl methyl sites for hydroxylation is 1. The van der Waals surface area contributed by atoms with E-state index in [1.807, 2.05) is 13.0 Å². The van der Waals surface area contributed by atoms with Crippen molar-refractivity contribution in [2.45, 2.75) is 17.2 Å². The first-order valence-electron chi connectivity index (χ1n) is 5.56. The molecule has 0 saturated carbocycles. The number of furan rings is 1. The fourth-order valence-electron chi connectivity index (χ4n) is 1.49. The molecule has 0 radical (unpaired) electrons. The molecule has 3 rings (SSSR count). The van der Waals surface area contributed by atoms with Crippen molar-refractivity contribution < 1.29 is 8.83 Å². The minimum Gasteiger partial charge on any atom is -0.469 e. The predicted molar refractivity (Wildman–Crippen MR) is 67.6 cm³/mol. The smallest absolute Gasteiger partial charge is 0.283 e. The topological polar surface area (TPSA) is 102 Å². The molecule has 98 valence electrons. The Hall–Kier alpha value is -2.66. The number of nitrogens with zero attached hydrogens (tertiary/aromatic N) is 5. The number of aromatic nitrogens is 4. The summed E-state index contributed by atoms with van der Waals surface area (Å²) in [5.41, 5.74) is 1.02. The van der Waals surface area contributed by atoms with Crippen molar-refractivity contribution >= 4 is 11.8 Å². The fourth-order valence-corrected chi connectivity index (χ4v) is 2.09. The molecule has 0 fully saturated rings. The second kappa shape index (κ2) is 5.14. The van der Waals surface area contributed by atoms with E-state index in [1.165, 1.54) is 11.8 Å². The lowest BCUT2D eigenvalue weighted by atomic mass is 10.3. The maximum absolute atomic E-state index is 8.64. The lowest BCUT2D eigenvalue weighted by Crippen LogP contribution is -1.88. The third-order valence-corrected chi connectivity index (χ3v) is 3.21. The highest BCUT2D eigenvalue weighted by molar-refractivity contribution is 7.99. The minimum absolute atomic E-state index is 0.259. The van der Waals surface area contributed by atoms with Gasteiger partial charge in [-0.25, -0.2) is 0 Å². The summed E-state index contributed by atoms with van der Waals surface area (Å²) in [4.78, 5) is 0. The van der Waals surface area contributed by atoms with Crippen LogP contribution in [0.2, 0.25) is 0 Å². The number of hydrogen-bond acceptors (Lipinski definition) is 8. The highest BCUT2D eigenvalue weighted by Crippen LogP contribution is 2.29. The molecule has 0 unspecified atom stereocenters. The Morgan fingerprint density at radius 3 is 2.70 bits per heavy atom. The highest BCUT2D eigenvalue weighted by Gasteiger charge is 2.14. The molecular weight excluding hydrogens is 278 g/mol. The number of hydrogen-bond donors (Lipinski definition) is 0. The second-order valence-corrected chi connectivity index (χ2v) is 4.71. The minimum atomic E-state index is 0.259. The van der Waals surface area contributed by atoms with Crippen LogP contribution in [0.25, 0.3) is 11.5 Å². The Kier molecular flexibility index (Phi) is 3.18. The largest absolute Gasteiger partial charge is 0.469 e. The molecular formula is C12H7N5O2S. The zero-order valence-electron chi connectivity index (χ0n) is 10.3. The van der Waals surface area contributed by atoms with Crippen molar-refractivity contribution in [2.24, 2.45) is 0 Å². The van der Waals surface area contributed by atoms with E-state index in [9.17, 15) is 0 Å². The van der Waals surface area contributed by atoms with Gasteiger partial charge in [0.1, 0.15) is 16.9 Å². The standard InChI is InChI=1S/C12H7N5O2S/c1-7-9(4-5-18-7)11-16-17-12(19-11)20-10-3-2-8(6-13)14-15-10/h2-5H,1H3. The van der Waals surface area contributed by atoms with Crippen LogP contribution in [0.1, 0.15) is 11.5 Å². The van der Waals surface area contributed by atoms with Gasteiger partial charge in [0, 0.05) is 0 Å². The van der Waals surface area contributed by atoms with Crippen LogP contribution < -0.4 is 0 Å². The zero-order chi connectivity index (χ0) is 13.9. The summed E-state index contributed by atoms with van der Waals surface area (Å²) in [6.45, 7) is 1.82. The molecule has 0 bridgehead atoms. The molecule has 0 aliphatic rings. The van der Waals surface area contributed by atoms with E-state index < -0.39 is 0 Å².